The van der Waals surface area contributed by atoms with E-state index in [1.165, 1.54) is 7.11 Å². The minimum Gasteiger partial charge on any atom is -0.469 e. The quantitative estimate of drug-likeness (QED) is 0.683. The first kappa shape index (κ1) is 9.72. The number of ether oxygens (including phenoxy) is 1. The second kappa shape index (κ2) is 3.39. The molecule has 2 rings (SSSR count). The zero-order chi connectivity index (χ0) is 10.9. The van der Waals surface area contributed by atoms with Gasteiger partial charge in [-0.25, -0.2) is 0 Å². The highest BCUT2D eigenvalue weighted by atomic mass is 16.5. The van der Waals surface area contributed by atoms with Crippen LogP contribution in [0.4, 0.5) is 0 Å². The lowest BCUT2D eigenvalue weighted by Gasteiger charge is -2.07. The Hall–Kier alpha value is -1.82. The zero-order valence-corrected chi connectivity index (χ0v) is 8.43. The SMILES string of the molecule is COC(=O)[C@@H]1C[C@]1(C#N)c1ccccc1. The standard InChI is InChI=1S/C12H11NO2/c1-15-11(14)10-7-12(10,8-13)9-5-3-2-4-6-9/h2-6,10H,7H2,1H3/t10-,12-/m0/s1. The van der Waals surface area contributed by atoms with Gasteiger partial charge < -0.3 is 4.74 Å². The second-order valence-electron chi connectivity index (χ2n) is 3.73. The fourth-order valence-corrected chi connectivity index (χ4v) is 1.93. The summed E-state index contributed by atoms with van der Waals surface area (Å²) in [5, 5.41) is 9.17. The van der Waals surface area contributed by atoms with Gasteiger partial charge >= 0.3 is 5.97 Å². The van der Waals surface area contributed by atoms with E-state index in [0.29, 0.717) is 6.42 Å². The summed E-state index contributed by atoms with van der Waals surface area (Å²) in [4.78, 5) is 11.3. The fourth-order valence-electron chi connectivity index (χ4n) is 1.93. The van der Waals surface area contributed by atoms with Gasteiger partial charge in [0.05, 0.1) is 24.5 Å². The number of benzene rings is 1. The van der Waals surface area contributed by atoms with E-state index in [1.54, 1.807) is 0 Å². The van der Waals surface area contributed by atoms with E-state index in [0.717, 1.165) is 5.56 Å². The van der Waals surface area contributed by atoms with Gasteiger partial charge in [-0.2, -0.15) is 5.26 Å². The fraction of sp³-hybridized carbons (Fsp3) is 0.333. The van der Waals surface area contributed by atoms with Crippen molar-refractivity contribution in [1.29, 1.82) is 5.26 Å². The maximum absolute atomic E-state index is 11.3. The Balaban J connectivity index is 2.29. The van der Waals surface area contributed by atoms with Crippen LogP contribution < -0.4 is 0 Å². The van der Waals surface area contributed by atoms with Crippen LogP contribution in [-0.2, 0) is 14.9 Å². The molecule has 1 aromatic carbocycles. The third-order valence-electron chi connectivity index (χ3n) is 2.93. The van der Waals surface area contributed by atoms with Gasteiger partial charge in [-0.1, -0.05) is 30.3 Å². The average Bonchev–Trinajstić information content (AvgIpc) is 3.05. The lowest BCUT2D eigenvalue weighted by atomic mass is 9.95. The molecule has 1 aromatic rings. The molecule has 0 radical (unpaired) electrons. The molecule has 1 saturated carbocycles. The lowest BCUT2D eigenvalue weighted by Crippen LogP contribution is -2.14. The topological polar surface area (TPSA) is 50.1 Å². The third kappa shape index (κ3) is 1.39. The Labute approximate surface area is 88.3 Å². The van der Waals surface area contributed by atoms with E-state index in [-0.39, 0.29) is 11.9 Å². The maximum atomic E-state index is 11.3. The van der Waals surface area contributed by atoms with Crippen LogP contribution in [0.25, 0.3) is 0 Å². The molecule has 1 aliphatic carbocycles. The number of esters is 1. The number of carbonyl (C=O) groups excluding carboxylic acids is 1. The predicted octanol–water partition coefficient (Wildman–Crippen LogP) is 1.64. The molecule has 0 aromatic heterocycles. The van der Waals surface area contributed by atoms with Crippen LogP contribution in [0, 0.1) is 17.2 Å². The number of hydrogen-bond acceptors (Lipinski definition) is 3. The summed E-state index contributed by atoms with van der Waals surface area (Å²) < 4.78 is 4.66. The zero-order valence-electron chi connectivity index (χ0n) is 8.43. The van der Waals surface area contributed by atoms with Gasteiger partial charge in [0, 0.05) is 0 Å². The summed E-state index contributed by atoms with van der Waals surface area (Å²) in [5.74, 6) is -0.588. The molecule has 1 fully saturated rings. The van der Waals surface area contributed by atoms with Crippen molar-refractivity contribution in [2.45, 2.75) is 11.8 Å². The van der Waals surface area contributed by atoms with E-state index < -0.39 is 5.41 Å². The first-order chi connectivity index (χ1) is 7.24. The number of rotatable bonds is 2. The van der Waals surface area contributed by atoms with Gasteiger partial charge in [0.1, 0.15) is 0 Å². The van der Waals surface area contributed by atoms with Crippen molar-refractivity contribution in [3.63, 3.8) is 0 Å². The second-order valence-corrected chi connectivity index (χ2v) is 3.73. The van der Waals surface area contributed by atoms with E-state index in [9.17, 15) is 4.79 Å². The van der Waals surface area contributed by atoms with Gasteiger partial charge in [0.15, 0.2) is 0 Å². The molecule has 0 heterocycles. The monoisotopic (exact) mass is 201 g/mol. The molecule has 1 aliphatic rings. The average molecular weight is 201 g/mol. The maximum Gasteiger partial charge on any atom is 0.310 e. The summed E-state index contributed by atoms with van der Waals surface area (Å²) in [6.45, 7) is 0. The van der Waals surface area contributed by atoms with Crippen LogP contribution in [0.1, 0.15) is 12.0 Å². The Morgan fingerprint density at radius 1 is 1.53 bits per heavy atom. The normalized spacial score (nSPS) is 27.9. The van der Waals surface area contributed by atoms with Crippen molar-refractivity contribution in [3.05, 3.63) is 35.9 Å². The highest BCUT2D eigenvalue weighted by molar-refractivity contribution is 5.80. The van der Waals surface area contributed by atoms with Crippen LogP contribution in [0.15, 0.2) is 30.3 Å². The Morgan fingerprint density at radius 2 is 2.20 bits per heavy atom. The molecule has 0 unspecified atom stereocenters. The van der Waals surface area contributed by atoms with Gasteiger partial charge in [0.2, 0.25) is 0 Å². The summed E-state index contributed by atoms with van der Waals surface area (Å²) >= 11 is 0. The molecule has 3 nitrogen and oxygen atoms in total. The summed E-state index contributed by atoms with van der Waals surface area (Å²) in [5.41, 5.74) is 0.261. The van der Waals surface area contributed by atoms with Crippen LogP contribution >= 0.6 is 0 Å². The number of hydrogen-bond donors (Lipinski definition) is 0. The molecule has 0 amide bonds. The third-order valence-corrected chi connectivity index (χ3v) is 2.93. The van der Waals surface area contributed by atoms with Gasteiger partial charge in [-0.05, 0) is 12.0 Å². The summed E-state index contributed by atoms with van der Waals surface area (Å²) in [6.07, 6.45) is 0.570. The molecule has 0 N–H and O–H groups in total. The van der Waals surface area contributed by atoms with Crippen molar-refractivity contribution in [1.82, 2.24) is 0 Å². The first-order valence-electron chi connectivity index (χ1n) is 4.79. The van der Waals surface area contributed by atoms with Crippen molar-refractivity contribution in [3.8, 4) is 6.07 Å². The van der Waals surface area contributed by atoms with Gasteiger partial charge in [-0.15, -0.1) is 0 Å². The molecule has 76 valence electrons. The molecule has 3 heteroatoms. The number of methoxy groups -OCH3 is 1. The number of nitrogens with zero attached hydrogens (tertiary/aromatic N) is 1. The largest absolute Gasteiger partial charge is 0.469 e. The Morgan fingerprint density at radius 3 is 2.73 bits per heavy atom. The van der Waals surface area contributed by atoms with Crippen LogP contribution in [0.5, 0.6) is 0 Å². The number of nitriles is 1. The van der Waals surface area contributed by atoms with E-state index in [4.69, 9.17) is 5.26 Å². The van der Waals surface area contributed by atoms with E-state index in [1.807, 2.05) is 30.3 Å². The van der Waals surface area contributed by atoms with Gasteiger partial charge in [0.25, 0.3) is 0 Å². The minimum absolute atomic E-state index is 0.291. The first-order valence-corrected chi connectivity index (χ1v) is 4.79. The molecule has 0 bridgehead atoms. The molecular weight excluding hydrogens is 190 g/mol. The van der Waals surface area contributed by atoms with Crippen molar-refractivity contribution in [2.24, 2.45) is 5.92 Å². The van der Waals surface area contributed by atoms with E-state index in [2.05, 4.69) is 10.8 Å². The van der Waals surface area contributed by atoms with Gasteiger partial charge in [-0.3, -0.25) is 4.79 Å². The van der Waals surface area contributed by atoms with Crippen molar-refractivity contribution in [2.75, 3.05) is 7.11 Å². The number of carbonyl (C=O) groups is 1. The molecule has 2 atom stereocenters. The molecular formula is C12H11NO2. The minimum atomic E-state index is -0.644. The smallest absolute Gasteiger partial charge is 0.310 e. The van der Waals surface area contributed by atoms with Crippen molar-refractivity contribution < 1.29 is 9.53 Å². The van der Waals surface area contributed by atoms with Crippen molar-refractivity contribution >= 4 is 5.97 Å². The Bertz CT molecular complexity index is 421. The summed E-state index contributed by atoms with van der Waals surface area (Å²) in [7, 11) is 1.35. The predicted molar refractivity (Wildman–Crippen MR) is 53.9 cm³/mol. The van der Waals surface area contributed by atoms with Crippen LogP contribution in [-0.4, -0.2) is 13.1 Å². The molecule has 0 spiro atoms. The molecule has 0 saturated heterocycles. The highest BCUT2D eigenvalue weighted by Gasteiger charge is 2.61. The summed E-state index contributed by atoms with van der Waals surface area (Å²) in [6, 6.07) is 11.6. The lowest BCUT2D eigenvalue weighted by molar-refractivity contribution is -0.142. The van der Waals surface area contributed by atoms with Crippen LogP contribution in [0.3, 0.4) is 0 Å². The molecule has 0 aliphatic heterocycles. The molecule has 15 heavy (non-hydrogen) atoms. The Kier molecular flexibility index (Phi) is 2.20. The van der Waals surface area contributed by atoms with Crippen LogP contribution in [0.2, 0.25) is 0 Å². The van der Waals surface area contributed by atoms with E-state index >= 15 is 0 Å². The highest BCUT2D eigenvalue weighted by Crippen LogP contribution is 2.54.